The van der Waals surface area contributed by atoms with E-state index in [9.17, 15) is 5.11 Å². The minimum absolute atomic E-state index is 0.221. The summed E-state index contributed by atoms with van der Waals surface area (Å²) in [4.78, 5) is 2.72. The fraction of sp³-hybridized carbons (Fsp3) is 0.600. The van der Waals surface area contributed by atoms with Crippen molar-refractivity contribution in [3.05, 3.63) is 27.0 Å². The maximum atomic E-state index is 9.57. The van der Waals surface area contributed by atoms with E-state index in [4.69, 9.17) is 0 Å². The van der Waals surface area contributed by atoms with E-state index < -0.39 is 0 Å². The van der Waals surface area contributed by atoms with Gasteiger partial charge < -0.3 is 5.11 Å². The highest BCUT2D eigenvalue weighted by atomic mass is 32.1. The Morgan fingerprint density at radius 3 is 2.59 bits per heavy atom. The quantitative estimate of drug-likeness (QED) is 0.847. The molecule has 0 spiro atoms. The van der Waals surface area contributed by atoms with Gasteiger partial charge in [0.2, 0.25) is 0 Å². The minimum atomic E-state index is 0.221. The Morgan fingerprint density at radius 1 is 1.35 bits per heavy atom. The molecule has 1 aromatic heterocycles. The Labute approximate surface area is 108 Å². The van der Waals surface area contributed by atoms with E-state index in [1.807, 2.05) is 11.3 Å². The number of hydrogen-bond donors (Lipinski definition) is 1. The number of aryl methyl sites for hydroxylation is 2. The Balaban J connectivity index is 2.19. The normalized spacial score (nSPS) is 18.6. The van der Waals surface area contributed by atoms with E-state index in [0.29, 0.717) is 5.92 Å². The van der Waals surface area contributed by atoms with Crippen molar-refractivity contribution in [2.75, 3.05) is 6.61 Å². The summed E-state index contributed by atoms with van der Waals surface area (Å²) in [5.74, 6) is 0.619. The first-order valence-corrected chi connectivity index (χ1v) is 7.40. The smallest absolute Gasteiger partial charge is 0.0647 e. The van der Waals surface area contributed by atoms with E-state index in [1.54, 1.807) is 0 Å². The van der Waals surface area contributed by atoms with Gasteiger partial charge in [-0.3, -0.25) is 0 Å². The molecule has 94 valence electrons. The molecule has 2 heteroatoms. The van der Waals surface area contributed by atoms with Gasteiger partial charge in [-0.05, 0) is 49.8 Å². The molecule has 0 unspecified atom stereocenters. The first-order chi connectivity index (χ1) is 8.20. The molecule has 1 fully saturated rings. The van der Waals surface area contributed by atoms with E-state index in [0.717, 1.165) is 0 Å². The Kier molecular flexibility index (Phi) is 4.41. The van der Waals surface area contributed by atoms with Crippen molar-refractivity contribution in [2.45, 2.75) is 46.0 Å². The van der Waals surface area contributed by atoms with Gasteiger partial charge >= 0.3 is 0 Å². The highest BCUT2D eigenvalue weighted by Gasteiger charge is 2.17. The molecular formula is C15H22OS. The van der Waals surface area contributed by atoms with Gasteiger partial charge in [-0.15, -0.1) is 11.3 Å². The summed E-state index contributed by atoms with van der Waals surface area (Å²) in [6.45, 7) is 4.53. The van der Waals surface area contributed by atoms with Crippen molar-refractivity contribution in [1.29, 1.82) is 0 Å². The van der Waals surface area contributed by atoms with Crippen LogP contribution in [-0.2, 0) is 0 Å². The molecule has 1 aliphatic rings. The predicted octanol–water partition coefficient (Wildman–Crippen LogP) is 4.32. The maximum absolute atomic E-state index is 9.57. The molecule has 0 amide bonds. The first kappa shape index (κ1) is 12.8. The van der Waals surface area contributed by atoms with Crippen molar-refractivity contribution < 1.29 is 5.11 Å². The highest BCUT2D eigenvalue weighted by Crippen LogP contribution is 2.32. The van der Waals surface area contributed by atoms with Crippen molar-refractivity contribution in [3.63, 3.8) is 0 Å². The van der Waals surface area contributed by atoms with Crippen molar-refractivity contribution >= 4 is 17.4 Å². The van der Waals surface area contributed by atoms with Crippen LogP contribution in [0.1, 0.15) is 47.4 Å². The topological polar surface area (TPSA) is 20.2 Å². The number of thiophene rings is 1. The molecule has 0 atom stereocenters. The van der Waals surface area contributed by atoms with E-state index in [1.165, 1.54) is 53.0 Å². The molecule has 0 saturated heterocycles. The lowest BCUT2D eigenvalue weighted by Gasteiger charge is -2.23. The molecule has 0 bridgehead atoms. The maximum Gasteiger partial charge on any atom is 0.0647 e. The lowest BCUT2D eigenvalue weighted by atomic mass is 9.83. The summed E-state index contributed by atoms with van der Waals surface area (Å²) < 4.78 is 0. The van der Waals surface area contributed by atoms with Crippen LogP contribution in [0.4, 0.5) is 0 Å². The highest BCUT2D eigenvalue weighted by molar-refractivity contribution is 7.12. The molecule has 1 nitrogen and oxygen atoms in total. The molecule has 1 aliphatic carbocycles. The van der Waals surface area contributed by atoms with Crippen molar-refractivity contribution in [1.82, 2.24) is 0 Å². The molecule has 1 saturated carbocycles. The lowest BCUT2D eigenvalue weighted by Crippen LogP contribution is -2.11. The van der Waals surface area contributed by atoms with E-state index >= 15 is 0 Å². The lowest BCUT2D eigenvalue weighted by molar-refractivity contribution is 0.295. The van der Waals surface area contributed by atoms with Crippen LogP contribution in [0.15, 0.2) is 11.6 Å². The van der Waals surface area contributed by atoms with Gasteiger partial charge in [-0.25, -0.2) is 0 Å². The van der Waals surface area contributed by atoms with Gasteiger partial charge in [-0.2, -0.15) is 0 Å². The van der Waals surface area contributed by atoms with Crippen LogP contribution >= 0.6 is 11.3 Å². The average Bonchev–Trinajstić information content (AvgIpc) is 2.66. The van der Waals surface area contributed by atoms with E-state index in [-0.39, 0.29) is 6.61 Å². The fourth-order valence-corrected chi connectivity index (χ4v) is 3.66. The number of rotatable bonds is 3. The van der Waals surface area contributed by atoms with Gasteiger partial charge in [0.25, 0.3) is 0 Å². The van der Waals surface area contributed by atoms with Gasteiger partial charge in [0.05, 0.1) is 6.61 Å². The third kappa shape index (κ3) is 3.20. The second kappa shape index (κ2) is 5.83. The predicted molar refractivity (Wildman–Crippen MR) is 75.4 cm³/mol. The van der Waals surface area contributed by atoms with Gasteiger partial charge in [0, 0.05) is 9.75 Å². The van der Waals surface area contributed by atoms with Gasteiger partial charge in [0.1, 0.15) is 0 Å². The van der Waals surface area contributed by atoms with Crippen molar-refractivity contribution in [2.24, 2.45) is 5.92 Å². The SMILES string of the molecule is Cc1cc(C=C(CO)C2CCCCC2)c(C)s1. The second-order valence-electron chi connectivity index (χ2n) is 5.08. The Morgan fingerprint density at radius 2 is 2.06 bits per heavy atom. The molecular weight excluding hydrogens is 228 g/mol. The molecule has 2 rings (SSSR count). The molecule has 1 heterocycles. The Hall–Kier alpha value is -0.600. The largest absolute Gasteiger partial charge is 0.392 e. The monoisotopic (exact) mass is 250 g/mol. The summed E-state index contributed by atoms with van der Waals surface area (Å²) in [5.41, 5.74) is 2.55. The summed E-state index contributed by atoms with van der Waals surface area (Å²) in [6.07, 6.45) is 8.76. The number of hydrogen-bond acceptors (Lipinski definition) is 2. The molecule has 1 N–H and O–H groups in total. The van der Waals surface area contributed by atoms with Gasteiger partial charge in [-0.1, -0.05) is 25.3 Å². The summed E-state index contributed by atoms with van der Waals surface area (Å²) in [7, 11) is 0. The van der Waals surface area contributed by atoms with E-state index in [2.05, 4.69) is 26.0 Å². The molecule has 0 aromatic carbocycles. The average molecular weight is 250 g/mol. The zero-order chi connectivity index (χ0) is 12.3. The van der Waals surface area contributed by atoms with Crippen molar-refractivity contribution in [3.8, 4) is 0 Å². The molecule has 0 aliphatic heterocycles. The van der Waals surface area contributed by atoms with Crippen LogP contribution in [0.3, 0.4) is 0 Å². The molecule has 0 radical (unpaired) electrons. The summed E-state index contributed by atoms with van der Waals surface area (Å²) >= 11 is 1.84. The Bertz CT molecular complexity index is 397. The first-order valence-electron chi connectivity index (χ1n) is 6.59. The van der Waals surface area contributed by atoms with Crippen LogP contribution in [-0.4, -0.2) is 11.7 Å². The van der Waals surface area contributed by atoms with Crippen LogP contribution in [0, 0.1) is 19.8 Å². The summed E-state index contributed by atoms with van der Waals surface area (Å²) in [5, 5.41) is 9.57. The third-order valence-electron chi connectivity index (χ3n) is 3.73. The van der Waals surface area contributed by atoms with Crippen LogP contribution in [0.25, 0.3) is 6.08 Å². The van der Waals surface area contributed by atoms with Crippen LogP contribution < -0.4 is 0 Å². The minimum Gasteiger partial charge on any atom is -0.392 e. The second-order valence-corrected chi connectivity index (χ2v) is 6.54. The molecule has 1 aromatic rings. The zero-order valence-corrected chi connectivity index (χ0v) is 11.6. The van der Waals surface area contributed by atoms with Gasteiger partial charge in [0.15, 0.2) is 0 Å². The fourth-order valence-electron chi connectivity index (χ4n) is 2.76. The van der Waals surface area contributed by atoms with Crippen LogP contribution in [0.2, 0.25) is 0 Å². The van der Waals surface area contributed by atoms with Crippen LogP contribution in [0.5, 0.6) is 0 Å². The summed E-state index contributed by atoms with van der Waals surface area (Å²) in [6, 6.07) is 2.23. The number of aliphatic hydroxyl groups excluding tert-OH is 1. The number of aliphatic hydroxyl groups is 1. The molecule has 17 heavy (non-hydrogen) atoms. The zero-order valence-electron chi connectivity index (χ0n) is 10.8. The standard InChI is InChI=1S/C15H22OS/c1-11-8-14(12(2)17-11)9-15(10-16)13-6-4-3-5-7-13/h8-9,13,16H,3-7,10H2,1-2H3. The third-order valence-corrected chi connectivity index (χ3v) is 4.71.